The maximum atomic E-state index is 14.9. The fourth-order valence-corrected chi connectivity index (χ4v) is 5.58. The van der Waals surface area contributed by atoms with E-state index < -0.39 is 41.7 Å². The number of nitrogens with zero attached hydrogens (tertiary/aromatic N) is 3. The van der Waals surface area contributed by atoms with Crippen molar-refractivity contribution in [2.45, 2.75) is 51.4 Å². The number of aromatic carboxylic acids is 1. The molecule has 0 aliphatic carbocycles. The van der Waals surface area contributed by atoms with Gasteiger partial charge in [-0.1, -0.05) is 17.7 Å². The molecule has 1 atom stereocenters. The van der Waals surface area contributed by atoms with Gasteiger partial charge < -0.3 is 19.1 Å². The highest BCUT2D eigenvalue weighted by molar-refractivity contribution is 6.30. The molecule has 1 N–H and O–H groups in total. The Hall–Kier alpha value is -3.74. The van der Waals surface area contributed by atoms with Crippen molar-refractivity contribution < 1.29 is 41.3 Å². The predicted octanol–water partition coefficient (Wildman–Crippen LogP) is 6.61. The molecule has 43 heavy (non-hydrogen) atoms. The molecule has 0 amide bonds. The van der Waals surface area contributed by atoms with Gasteiger partial charge in [-0.2, -0.15) is 13.2 Å². The van der Waals surface area contributed by atoms with Crippen molar-refractivity contribution >= 4 is 28.6 Å². The van der Waals surface area contributed by atoms with E-state index in [2.05, 4.69) is 4.98 Å². The molecule has 226 valence electrons. The van der Waals surface area contributed by atoms with E-state index in [1.807, 2.05) is 4.90 Å². The maximum Gasteiger partial charge on any atom is 0.419 e. The molecule has 0 spiro atoms. The van der Waals surface area contributed by atoms with E-state index in [4.69, 9.17) is 21.1 Å². The van der Waals surface area contributed by atoms with Gasteiger partial charge in [0.05, 0.1) is 35.8 Å². The Balaban J connectivity index is 1.29. The summed E-state index contributed by atoms with van der Waals surface area (Å²) in [5.41, 5.74) is 0.408. The number of imidazole rings is 1. The number of hydrogen-bond donors (Lipinski definition) is 1. The third-order valence-corrected chi connectivity index (χ3v) is 8.01. The third kappa shape index (κ3) is 6.04. The topological polar surface area (TPSA) is 76.8 Å². The minimum Gasteiger partial charge on any atom is -0.488 e. The fraction of sp³-hybridized carbons (Fsp3) is 0.333. The van der Waals surface area contributed by atoms with Crippen LogP contribution in [0.4, 0.5) is 22.0 Å². The number of alkyl halides is 3. The average Bonchev–Trinajstić information content (AvgIpc) is 3.26. The van der Waals surface area contributed by atoms with E-state index in [1.165, 1.54) is 24.3 Å². The van der Waals surface area contributed by atoms with Gasteiger partial charge in [-0.15, -0.1) is 0 Å². The van der Waals surface area contributed by atoms with Crippen molar-refractivity contribution in [3.05, 3.63) is 92.8 Å². The Morgan fingerprint density at radius 2 is 1.91 bits per heavy atom. The molecule has 0 radical (unpaired) electrons. The van der Waals surface area contributed by atoms with Crippen LogP contribution in [0.3, 0.4) is 0 Å². The normalized spacial score (nSPS) is 17.1. The Bertz CT molecular complexity index is 1720. The van der Waals surface area contributed by atoms with Crippen LogP contribution in [-0.2, 0) is 43.6 Å². The van der Waals surface area contributed by atoms with Gasteiger partial charge in [0, 0.05) is 30.3 Å². The number of halogens is 6. The number of aromatic nitrogens is 2. The SMILES string of the molecule is O=C(O)c1cc(F)c2nc(CN3CCc4cc(C(F)(F)F)c(OCc5ccc(Cl)cc5F)cc4C3)n(C[C@@H]3CCO3)c2c1. The van der Waals surface area contributed by atoms with Crippen LogP contribution in [0, 0.1) is 11.6 Å². The summed E-state index contributed by atoms with van der Waals surface area (Å²) in [6.07, 6.45) is -3.70. The summed E-state index contributed by atoms with van der Waals surface area (Å²) in [7, 11) is 0. The van der Waals surface area contributed by atoms with E-state index in [0.29, 0.717) is 48.6 Å². The molecule has 4 aromatic rings. The summed E-state index contributed by atoms with van der Waals surface area (Å²) < 4.78 is 83.9. The number of carboxylic acid groups (broad SMARTS) is 1. The second-order valence-corrected chi connectivity index (χ2v) is 11.1. The highest BCUT2D eigenvalue weighted by Gasteiger charge is 2.36. The lowest BCUT2D eigenvalue weighted by Gasteiger charge is -2.31. The van der Waals surface area contributed by atoms with Crippen LogP contribution in [0.2, 0.25) is 5.02 Å². The first kappa shape index (κ1) is 29.3. The molecule has 13 heteroatoms. The zero-order chi connectivity index (χ0) is 30.5. The molecule has 3 heterocycles. The number of ether oxygens (including phenoxy) is 2. The molecular weight excluding hydrogens is 597 g/mol. The van der Waals surface area contributed by atoms with Crippen LogP contribution in [0.5, 0.6) is 5.75 Å². The third-order valence-electron chi connectivity index (χ3n) is 7.77. The zero-order valence-corrected chi connectivity index (χ0v) is 23.3. The quantitative estimate of drug-likeness (QED) is 0.223. The van der Waals surface area contributed by atoms with Crippen LogP contribution in [0.1, 0.15) is 44.9 Å². The number of fused-ring (bicyclic) bond motifs is 2. The van der Waals surface area contributed by atoms with Gasteiger partial charge in [0.2, 0.25) is 0 Å². The summed E-state index contributed by atoms with van der Waals surface area (Å²) in [5, 5.41) is 9.60. The largest absolute Gasteiger partial charge is 0.488 e. The van der Waals surface area contributed by atoms with Gasteiger partial charge in [0.15, 0.2) is 5.82 Å². The number of rotatable bonds is 8. The second-order valence-electron chi connectivity index (χ2n) is 10.7. The van der Waals surface area contributed by atoms with Crippen molar-refractivity contribution in [2.24, 2.45) is 0 Å². The Morgan fingerprint density at radius 3 is 2.58 bits per heavy atom. The molecule has 6 rings (SSSR count). The van der Waals surface area contributed by atoms with Crippen molar-refractivity contribution in [3.8, 4) is 5.75 Å². The predicted molar refractivity (Wildman–Crippen MR) is 146 cm³/mol. The van der Waals surface area contributed by atoms with Crippen LogP contribution >= 0.6 is 11.6 Å². The lowest BCUT2D eigenvalue weighted by atomic mass is 9.96. The Labute approximate surface area is 247 Å². The molecular formula is C30H25ClF5N3O4. The smallest absolute Gasteiger partial charge is 0.419 e. The summed E-state index contributed by atoms with van der Waals surface area (Å²) in [4.78, 5) is 18.0. The van der Waals surface area contributed by atoms with E-state index in [9.17, 15) is 31.9 Å². The maximum absolute atomic E-state index is 14.9. The summed E-state index contributed by atoms with van der Waals surface area (Å²) >= 11 is 5.78. The van der Waals surface area contributed by atoms with Crippen molar-refractivity contribution in [2.75, 3.05) is 13.2 Å². The van der Waals surface area contributed by atoms with Crippen LogP contribution in [0.25, 0.3) is 11.0 Å². The molecule has 1 aromatic heterocycles. The van der Waals surface area contributed by atoms with E-state index in [-0.39, 0.29) is 40.9 Å². The molecule has 1 saturated heterocycles. The molecule has 7 nitrogen and oxygen atoms in total. The minimum atomic E-state index is -4.69. The van der Waals surface area contributed by atoms with Crippen molar-refractivity contribution in [1.82, 2.24) is 14.5 Å². The second kappa shape index (κ2) is 11.4. The van der Waals surface area contributed by atoms with Crippen LogP contribution < -0.4 is 4.74 Å². The van der Waals surface area contributed by atoms with Gasteiger partial charge in [-0.05, 0) is 60.4 Å². The number of carboxylic acids is 1. The lowest BCUT2D eigenvalue weighted by Crippen LogP contribution is -2.34. The lowest BCUT2D eigenvalue weighted by molar-refractivity contribution is -0.139. The van der Waals surface area contributed by atoms with Gasteiger partial charge in [0.25, 0.3) is 0 Å². The van der Waals surface area contributed by atoms with Gasteiger partial charge in [-0.3, -0.25) is 4.90 Å². The van der Waals surface area contributed by atoms with Gasteiger partial charge in [-0.25, -0.2) is 18.6 Å². The van der Waals surface area contributed by atoms with E-state index in [0.717, 1.165) is 24.6 Å². The monoisotopic (exact) mass is 621 g/mol. The van der Waals surface area contributed by atoms with Crippen LogP contribution in [0.15, 0.2) is 42.5 Å². The first-order valence-electron chi connectivity index (χ1n) is 13.5. The zero-order valence-electron chi connectivity index (χ0n) is 22.6. The average molecular weight is 622 g/mol. The molecule has 2 aliphatic rings. The van der Waals surface area contributed by atoms with Crippen LogP contribution in [-0.4, -0.2) is 44.8 Å². The van der Waals surface area contributed by atoms with Gasteiger partial charge >= 0.3 is 12.1 Å². The van der Waals surface area contributed by atoms with Crippen molar-refractivity contribution in [1.29, 1.82) is 0 Å². The van der Waals surface area contributed by atoms with Crippen molar-refractivity contribution in [3.63, 3.8) is 0 Å². The Kier molecular flexibility index (Phi) is 7.78. The first-order valence-corrected chi connectivity index (χ1v) is 13.9. The molecule has 3 aromatic carbocycles. The van der Waals surface area contributed by atoms with Gasteiger partial charge in [0.1, 0.15) is 29.5 Å². The number of benzene rings is 3. The molecule has 0 unspecified atom stereocenters. The summed E-state index contributed by atoms with van der Waals surface area (Å²) in [6.45, 7) is 1.42. The molecule has 2 aliphatic heterocycles. The highest BCUT2D eigenvalue weighted by atomic mass is 35.5. The van der Waals surface area contributed by atoms with E-state index in [1.54, 1.807) is 4.57 Å². The summed E-state index contributed by atoms with van der Waals surface area (Å²) in [6, 6.07) is 8.57. The minimum absolute atomic E-state index is 0.0386. The molecule has 0 saturated carbocycles. The highest BCUT2D eigenvalue weighted by Crippen LogP contribution is 2.40. The Morgan fingerprint density at radius 1 is 1.12 bits per heavy atom. The number of hydrogen-bond acceptors (Lipinski definition) is 5. The first-order chi connectivity index (χ1) is 20.5. The van der Waals surface area contributed by atoms with E-state index >= 15 is 0 Å². The summed E-state index contributed by atoms with van der Waals surface area (Å²) in [5.74, 6) is -2.64. The molecule has 0 bridgehead atoms. The molecule has 1 fully saturated rings. The number of carbonyl (C=O) groups is 1. The fourth-order valence-electron chi connectivity index (χ4n) is 5.42. The standard InChI is InChI=1S/C30H25ClF5N3O4/c31-20-2-1-17(23(32)11-20)15-43-26-10-19-12-38(5-3-16(19)7-22(26)30(34,35)36)14-27-37-28-24(33)8-18(29(40)41)9-25(28)39(27)13-21-4-6-42-21/h1-2,7-11,21H,3-6,12-15H2,(H,40,41)/t21-/m0/s1.